The molecule has 0 bridgehead atoms. The first-order valence-corrected chi connectivity index (χ1v) is 9.10. The molecule has 4 aliphatic carbocycles. The Morgan fingerprint density at radius 2 is 2.09 bits per heavy atom. The highest BCUT2D eigenvalue weighted by atomic mass is 16.3. The van der Waals surface area contributed by atoms with Crippen LogP contribution < -0.4 is 0 Å². The smallest absolute Gasteiger partial charge is 0.156 e. The van der Waals surface area contributed by atoms with Gasteiger partial charge in [-0.25, -0.2) is 0 Å². The van der Waals surface area contributed by atoms with Gasteiger partial charge in [-0.1, -0.05) is 18.4 Å². The number of rotatable bonds is 0. The van der Waals surface area contributed by atoms with Gasteiger partial charge in [-0.05, 0) is 74.0 Å². The highest BCUT2D eigenvalue weighted by Crippen LogP contribution is 2.61. The van der Waals surface area contributed by atoms with Crippen molar-refractivity contribution in [3.63, 3.8) is 0 Å². The molecule has 2 fully saturated rings. The summed E-state index contributed by atoms with van der Waals surface area (Å²) in [6, 6.07) is 0. The predicted octanol–water partition coefficient (Wildman–Crippen LogP) is 3.80. The summed E-state index contributed by atoms with van der Waals surface area (Å²) >= 11 is 0. The normalized spacial score (nSPS) is 42.2. The quantitative estimate of drug-likeness (QED) is 0.691. The van der Waals surface area contributed by atoms with Gasteiger partial charge in [-0.15, -0.1) is 5.92 Å². The van der Waals surface area contributed by atoms with E-state index in [1.807, 2.05) is 6.92 Å². The molecule has 0 spiro atoms. The number of allylic oxidation sites excluding steroid dienone is 2. The maximum absolute atomic E-state index is 11.7. The molecule has 0 amide bonds. The van der Waals surface area contributed by atoms with Gasteiger partial charge in [0, 0.05) is 18.3 Å². The molecule has 2 heteroatoms. The second-order valence-electron chi connectivity index (χ2n) is 8.07. The lowest BCUT2D eigenvalue weighted by Gasteiger charge is -2.50. The zero-order chi connectivity index (χ0) is 16.2. The lowest BCUT2D eigenvalue weighted by atomic mass is 9.55. The summed E-state index contributed by atoms with van der Waals surface area (Å²) in [5.41, 5.74) is 4.29. The molecule has 23 heavy (non-hydrogen) atoms. The van der Waals surface area contributed by atoms with E-state index in [-0.39, 0.29) is 17.3 Å². The largest absolute Gasteiger partial charge is 0.392 e. The van der Waals surface area contributed by atoms with Crippen molar-refractivity contribution in [2.24, 2.45) is 23.2 Å². The summed E-state index contributed by atoms with van der Waals surface area (Å²) < 4.78 is 0. The molecule has 0 aromatic carbocycles. The van der Waals surface area contributed by atoms with Gasteiger partial charge in [0.05, 0.1) is 6.10 Å². The number of carbonyl (C=O) groups is 1. The van der Waals surface area contributed by atoms with E-state index in [0.29, 0.717) is 30.6 Å². The van der Waals surface area contributed by atoms with Crippen LogP contribution in [0.15, 0.2) is 22.8 Å². The van der Waals surface area contributed by atoms with E-state index in [0.717, 1.165) is 18.4 Å². The number of aliphatic hydroxyl groups is 1. The number of aliphatic hydroxyl groups excluding tert-OH is 1. The van der Waals surface area contributed by atoms with E-state index in [1.54, 1.807) is 6.08 Å². The molecule has 0 aromatic heterocycles. The van der Waals surface area contributed by atoms with Crippen molar-refractivity contribution >= 4 is 5.78 Å². The van der Waals surface area contributed by atoms with Crippen LogP contribution in [0, 0.1) is 35.0 Å². The van der Waals surface area contributed by atoms with Crippen molar-refractivity contribution in [1.29, 1.82) is 0 Å². The molecular weight excluding hydrogens is 284 g/mol. The second kappa shape index (κ2) is 5.35. The highest BCUT2D eigenvalue weighted by Gasteiger charge is 2.55. The fraction of sp³-hybridized carbons (Fsp3) is 0.667. The van der Waals surface area contributed by atoms with E-state index in [1.165, 1.54) is 30.4 Å². The average molecular weight is 310 g/mol. The van der Waals surface area contributed by atoms with Crippen LogP contribution in [0.3, 0.4) is 0 Å². The first-order valence-electron chi connectivity index (χ1n) is 9.10. The van der Waals surface area contributed by atoms with Crippen LogP contribution >= 0.6 is 0 Å². The molecule has 2 saturated carbocycles. The third-order valence-corrected chi connectivity index (χ3v) is 7.07. The van der Waals surface area contributed by atoms with E-state index in [4.69, 9.17) is 0 Å². The maximum atomic E-state index is 11.7. The third-order valence-electron chi connectivity index (χ3n) is 7.07. The van der Waals surface area contributed by atoms with Crippen LogP contribution in [0.2, 0.25) is 0 Å². The van der Waals surface area contributed by atoms with Gasteiger partial charge in [-0.3, -0.25) is 4.79 Å². The Kier molecular flexibility index (Phi) is 3.54. The van der Waals surface area contributed by atoms with Crippen LogP contribution in [-0.4, -0.2) is 17.0 Å². The Morgan fingerprint density at radius 3 is 2.87 bits per heavy atom. The number of hydrogen-bond acceptors (Lipinski definition) is 2. The minimum Gasteiger partial charge on any atom is -0.392 e. The number of ketones is 1. The number of fused-ring (bicyclic) bond motifs is 4. The summed E-state index contributed by atoms with van der Waals surface area (Å²) in [7, 11) is 0. The Morgan fingerprint density at radius 1 is 1.26 bits per heavy atom. The zero-order valence-corrected chi connectivity index (χ0v) is 14.2. The molecular formula is C21H26O2. The predicted molar refractivity (Wildman–Crippen MR) is 90.5 cm³/mol. The topological polar surface area (TPSA) is 37.3 Å². The van der Waals surface area contributed by atoms with Gasteiger partial charge < -0.3 is 5.11 Å². The summed E-state index contributed by atoms with van der Waals surface area (Å²) in [6.45, 7) is 4.35. The monoisotopic (exact) mass is 310 g/mol. The molecule has 0 heterocycles. The molecule has 0 aliphatic heterocycles. The third kappa shape index (κ3) is 2.17. The van der Waals surface area contributed by atoms with Gasteiger partial charge in [0.2, 0.25) is 0 Å². The first kappa shape index (κ1) is 15.2. The molecule has 0 saturated heterocycles. The van der Waals surface area contributed by atoms with Gasteiger partial charge in [-0.2, -0.15) is 0 Å². The Hall–Kier alpha value is -1.33. The van der Waals surface area contributed by atoms with Crippen LogP contribution in [-0.2, 0) is 4.79 Å². The van der Waals surface area contributed by atoms with Gasteiger partial charge in [0.15, 0.2) is 5.78 Å². The lowest BCUT2D eigenvalue weighted by Crippen LogP contribution is -2.45. The zero-order valence-electron chi connectivity index (χ0n) is 14.2. The van der Waals surface area contributed by atoms with Crippen molar-refractivity contribution < 1.29 is 9.90 Å². The minimum atomic E-state index is -0.316. The Labute approximate surface area is 139 Å². The molecule has 4 aliphatic rings. The van der Waals surface area contributed by atoms with Gasteiger partial charge in [0.25, 0.3) is 0 Å². The van der Waals surface area contributed by atoms with Crippen LogP contribution in [0.25, 0.3) is 0 Å². The molecule has 2 unspecified atom stereocenters. The summed E-state index contributed by atoms with van der Waals surface area (Å²) in [5, 5.41) is 10.9. The molecule has 0 aromatic rings. The molecule has 4 rings (SSSR count). The fourth-order valence-electron chi connectivity index (χ4n) is 5.95. The van der Waals surface area contributed by atoms with E-state index < -0.39 is 0 Å². The molecule has 5 atom stereocenters. The molecule has 2 nitrogen and oxygen atoms in total. The summed E-state index contributed by atoms with van der Waals surface area (Å²) in [4.78, 5) is 11.7. The van der Waals surface area contributed by atoms with Crippen LogP contribution in [0.4, 0.5) is 0 Å². The fourth-order valence-corrected chi connectivity index (χ4v) is 5.95. The van der Waals surface area contributed by atoms with Crippen LogP contribution in [0.1, 0.15) is 58.8 Å². The average Bonchev–Trinajstić information content (AvgIpc) is 2.84. The second-order valence-corrected chi connectivity index (χ2v) is 8.07. The lowest BCUT2D eigenvalue weighted by molar-refractivity contribution is -0.114. The summed E-state index contributed by atoms with van der Waals surface area (Å²) in [5.74, 6) is 8.16. The standard InChI is InChI=1S/C21H26O2/c1-3-4-14-5-8-18-20-17(9-10-21(14,18)2)16-7-6-15(22)11-13(16)12-19(20)23/h11,14,18-20,23H,5-10,12H2,1-2H3/t14?,18-,19?,20+,21+/m0/s1. The van der Waals surface area contributed by atoms with Gasteiger partial charge in [0.1, 0.15) is 0 Å². The Bertz CT molecular complexity index is 672. The van der Waals surface area contributed by atoms with Crippen molar-refractivity contribution in [1.82, 2.24) is 0 Å². The van der Waals surface area contributed by atoms with E-state index >= 15 is 0 Å². The number of hydrogen-bond donors (Lipinski definition) is 1. The minimum absolute atomic E-state index is 0.231. The number of carbonyl (C=O) groups excluding carboxylic acids is 1. The maximum Gasteiger partial charge on any atom is 0.156 e. The Balaban J connectivity index is 1.75. The van der Waals surface area contributed by atoms with E-state index in [2.05, 4.69) is 18.8 Å². The van der Waals surface area contributed by atoms with E-state index in [9.17, 15) is 9.90 Å². The van der Waals surface area contributed by atoms with Crippen molar-refractivity contribution in [2.75, 3.05) is 0 Å². The van der Waals surface area contributed by atoms with Gasteiger partial charge >= 0.3 is 0 Å². The molecule has 1 N–H and O–H groups in total. The first-order chi connectivity index (χ1) is 11.0. The SMILES string of the molecule is CC#CC1CC[C@H]2[C@H]3C(=C4CCC(=O)C=C4CC3O)CC[C@]12C. The van der Waals surface area contributed by atoms with Crippen molar-refractivity contribution in [3.8, 4) is 11.8 Å². The van der Waals surface area contributed by atoms with Crippen molar-refractivity contribution in [2.45, 2.75) is 64.9 Å². The van der Waals surface area contributed by atoms with Crippen LogP contribution in [0.5, 0.6) is 0 Å². The molecule has 122 valence electrons. The molecule has 0 radical (unpaired) electrons. The van der Waals surface area contributed by atoms with Crippen molar-refractivity contribution in [3.05, 3.63) is 22.8 Å². The highest BCUT2D eigenvalue weighted by molar-refractivity contribution is 5.93. The summed E-state index contributed by atoms with van der Waals surface area (Å²) in [6.07, 6.45) is 8.33.